The maximum absolute atomic E-state index is 14.0. The molecule has 0 aliphatic carbocycles. The minimum atomic E-state index is -4.97. The van der Waals surface area contributed by atoms with Crippen LogP contribution in [0.3, 0.4) is 0 Å². The van der Waals surface area contributed by atoms with Crippen LogP contribution in [0.1, 0.15) is 48.6 Å². The van der Waals surface area contributed by atoms with E-state index in [0.717, 1.165) is 31.4 Å². The molecular weight excluding hydrogens is 435 g/mol. The van der Waals surface area contributed by atoms with Crippen LogP contribution in [0.15, 0.2) is 39.5 Å². The monoisotopic (exact) mass is 461 g/mol. The first kappa shape index (κ1) is 23.2. The summed E-state index contributed by atoms with van der Waals surface area (Å²) in [5.74, 6) is -2.49. The predicted octanol–water partition coefficient (Wildman–Crippen LogP) is 6.30. The lowest BCUT2D eigenvalue weighted by Gasteiger charge is -2.33. The number of nitrogens with zero attached hydrogens (tertiary/aromatic N) is 1. The highest BCUT2D eigenvalue weighted by Gasteiger charge is 2.41. The number of fused-ring (bicyclic) bond motifs is 1. The minimum absolute atomic E-state index is 0.0687. The van der Waals surface area contributed by atoms with Crippen molar-refractivity contribution in [1.29, 1.82) is 0 Å². The fraction of sp³-hybridized carbons (Fsp3) is 0.400. The van der Waals surface area contributed by atoms with Crippen molar-refractivity contribution in [1.82, 2.24) is 4.90 Å². The normalized spacial score (nSPS) is 17.5. The Balaban J connectivity index is 1.90. The molecule has 33 heavy (non-hydrogen) atoms. The van der Waals surface area contributed by atoms with Gasteiger partial charge in [0, 0.05) is 12.6 Å². The lowest BCUT2D eigenvalue weighted by atomic mass is 10.0. The van der Waals surface area contributed by atoms with Crippen LogP contribution in [0, 0.1) is 13.8 Å². The fourth-order valence-corrected chi connectivity index (χ4v) is 4.24. The molecule has 0 spiro atoms. The molecule has 0 radical (unpaired) electrons. The molecule has 1 fully saturated rings. The second-order valence-corrected chi connectivity index (χ2v) is 8.71. The number of halogens is 3. The zero-order valence-electron chi connectivity index (χ0n) is 18.8. The van der Waals surface area contributed by atoms with E-state index >= 15 is 0 Å². The molecule has 8 heteroatoms. The van der Waals surface area contributed by atoms with Crippen LogP contribution in [-0.2, 0) is 12.7 Å². The van der Waals surface area contributed by atoms with Crippen molar-refractivity contribution < 1.29 is 27.4 Å². The van der Waals surface area contributed by atoms with Crippen molar-refractivity contribution in [3.63, 3.8) is 0 Å². The van der Waals surface area contributed by atoms with Crippen LogP contribution >= 0.6 is 0 Å². The molecule has 1 atom stereocenters. The third kappa shape index (κ3) is 4.57. The van der Waals surface area contributed by atoms with Crippen molar-refractivity contribution in [2.45, 2.75) is 58.8 Å². The summed E-state index contributed by atoms with van der Waals surface area (Å²) < 4.78 is 52.9. The van der Waals surface area contributed by atoms with Gasteiger partial charge >= 0.3 is 6.18 Å². The van der Waals surface area contributed by atoms with Crippen LogP contribution < -0.4 is 10.2 Å². The number of likely N-dealkylation sites (tertiary alicyclic amines) is 1. The van der Waals surface area contributed by atoms with E-state index in [1.54, 1.807) is 32.0 Å². The summed E-state index contributed by atoms with van der Waals surface area (Å²) in [5.41, 5.74) is 0.328. The van der Waals surface area contributed by atoms with E-state index in [2.05, 4.69) is 4.90 Å². The van der Waals surface area contributed by atoms with Crippen molar-refractivity contribution in [2.24, 2.45) is 0 Å². The molecule has 176 valence electrons. The van der Waals surface area contributed by atoms with E-state index in [9.17, 15) is 23.1 Å². The topological polar surface area (TPSA) is 62.9 Å². The quantitative estimate of drug-likeness (QED) is 0.494. The number of alkyl halides is 3. The third-order valence-corrected chi connectivity index (χ3v) is 6.21. The van der Waals surface area contributed by atoms with Crippen molar-refractivity contribution >= 4 is 11.0 Å². The first-order valence-corrected chi connectivity index (χ1v) is 10.9. The van der Waals surface area contributed by atoms with Gasteiger partial charge in [-0.3, -0.25) is 9.69 Å². The van der Waals surface area contributed by atoms with Crippen LogP contribution in [0.4, 0.5) is 13.2 Å². The molecule has 0 bridgehead atoms. The standard InChI is InChI=1S/C25H26F3NO4/c1-14-7-8-15(2)20(12-14)32-23-21(31)17-9-10-19(30)18(13-29-11-5-4-6-16(29)3)22(17)33-24(23)25(26,27)28/h7-10,12,16,30H,4-6,11,13H2,1-3H3/t16-/m0/s1. The highest BCUT2D eigenvalue weighted by atomic mass is 19.4. The molecular formula is C25H26F3NO4. The van der Waals surface area contributed by atoms with Gasteiger partial charge in [-0.1, -0.05) is 18.6 Å². The minimum Gasteiger partial charge on any atom is -0.507 e. The number of rotatable bonds is 4. The zero-order valence-corrected chi connectivity index (χ0v) is 18.8. The summed E-state index contributed by atoms with van der Waals surface area (Å²) in [6, 6.07) is 7.87. The van der Waals surface area contributed by atoms with E-state index in [0.29, 0.717) is 5.56 Å². The summed E-state index contributed by atoms with van der Waals surface area (Å²) in [4.78, 5) is 15.3. The van der Waals surface area contributed by atoms with Gasteiger partial charge in [0.15, 0.2) is 0 Å². The Morgan fingerprint density at radius 1 is 1.18 bits per heavy atom. The van der Waals surface area contributed by atoms with Crippen LogP contribution in [0.2, 0.25) is 0 Å². The van der Waals surface area contributed by atoms with Gasteiger partial charge in [0.1, 0.15) is 17.1 Å². The number of phenols is 1. The van der Waals surface area contributed by atoms with Gasteiger partial charge in [-0.15, -0.1) is 0 Å². The maximum atomic E-state index is 14.0. The molecule has 0 amide bonds. The molecule has 1 N–H and O–H groups in total. The van der Waals surface area contributed by atoms with E-state index in [1.165, 1.54) is 12.1 Å². The number of phenolic OH excluding ortho intramolecular Hbond substituents is 1. The lowest BCUT2D eigenvalue weighted by molar-refractivity contribution is -0.154. The average Bonchev–Trinajstić information content (AvgIpc) is 2.75. The van der Waals surface area contributed by atoms with Gasteiger partial charge < -0.3 is 14.3 Å². The number of aromatic hydroxyl groups is 1. The number of piperidine rings is 1. The summed E-state index contributed by atoms with van der Waals surface area (Å²) >= 11 is 0. The number of ether oxygens (including phenoxy) is 1. The number of aryl methyl sites for hydroxylation is 2. The van der Waals surface area contributed by atoms with Gasteiger partial charge in [-0.25, -0.2) is 0 Å². The Labute approximate surface area is 189 Å². The average molecular weight is 461 g/mol. The highest BCUT2D eigenvalue weighted by Crippen LogP contribution is 2.41. The Bertz CT molecular complexity index is 1250. The number of benzene rings is 2. The van der Waals surface area contributed by atoms with E-state index in [1.807, 2.05) is 6.92 Å². The highest BCUT2D eigenvalue weighted by molar-refractivity contribution is 5.83. The number of hydrogen-bond donors (Lipinski definition) is 1. The number of hydrogen-bond acceptors (Lipinski definition) is 5. The SMILES string of the molecule is Cc1ccc(C)c(Oc2c(C(F)(F)F)oc3c(CN4CCCC[C@@H]4C)c(O)ccc3c2=O)c1. The maximum Gasteiger partial charge on any atom is 0.453 e. The first-order chi connectivity index (χ1) is 15.6. The summed E-state index contributed by atoms with van der Waals surface area (Å²) in [5, 5.41) is 10.4. The summed E-state index contributed by atoms with van der Waals surface area (Å²) in [6.45, 7) is 6.43. The molecule has 0 saturated carbocycles. The van der Waals surface area contributed by atoms with Gasteiger partial charge in [-0.2, -0.15) is 13.2 Å². The molecule has 1 aliphatic rings. The van der Waals surface area contributed by atoms with Crippen LogP contribution in [0.5, 0.6) is 17.2 Å². The Morgan fingerprint density at radius 2 is 1.94 bits per heavy atom. The Morgan fingerprint density at radius 3 is 2.64 bits per heavy atom. The first-order valence-electron chi connectivity index (χ1n) is 10.9. The largest absolute Gasteiger partial charge is 0.507 e. The molecule has 1 aliphatic heterocycles. The molecule has 5 nitrogen and oxygen atoms in total. The van der Waals surface area contributed by atoms with Crippen LogP contribution in [0.25, 0.3) is 11.0 Å². The second-order valence-electron chi connectivity index (χ2n) is 8.71. The zero-order chi connectivity index (χ0) is 23.9. The summed E-state index contributed by atoms with van der Waals surface area (Å²) in [7, 11) is 0. The molecule has 3 aromatic rings. The van der Waals surface area contributed by atoms with E-state index in [-0.39, 0.29) is 40.6 Å². The van der Waals surface area contributed by atoms with Gasteiger partial charge in [-0.05, 0) is 69.5 Å². The van der Waals surface area contributed by atoms with E-state index < -0.39 is 23.1 Å². The Hall–Kier alpha value is -3.00. The van der Waals surface area contributed by atoms with Gasteiger partial charge in [0.25, 0.3) is 5.76 Å². The molecule has 4 rings (SSSR count). The molecule has 1 saturated heterocycles. The smallest absolute Gasteiger partial charge is 0.453 e. The van der Waals surface area contributed by atoms with Crippen molar-refractivity contribution in [3.05, 3.63) is 63.0 Å². The second kappa shape index (κ2) is 8.74. The van der Waals surface area contributed by atoms with Crippen molar-refractivity contribution in [3.8, 4) is 17.2 Å². The van der Waals surface area contributed by atoms with Crippen LogP contribution in [-0.4, -0.2) is 22.6 Å². The molecule has 0 unspecified atom stereocenters. The Kier molecular flexibility index (Phi) is 6.14. The van der Waals surface area contributed by atoms with Gasteiger partial charge in [0.2, 0.25) is 11.2 Å². The summed E-state index contributed by atoms with van der Waals surface area (Å²) in [6.07, 6.45) is -1.98. The fourth-order valence-electron chi connectivity index (χ4n) is 4.24. The molecule has 1 aromatic heterocycles. The van der Waals surface area contributed by atoms with Crippen molar-refractivity contribution in [2.75, 3.05) is 6.54 Å². The molecule has 2 heterocycles. The van der Waals surface area contributed by atoms with Gasteiger partial charge in [0.05, 0.1) is 10.9 Å². The van der Waals surface area contributed by atoms with E-state index in [4.69, 9.17) is 9.15 Å². The third-order valence-electron chi connectivity index (χ3n) is 6.21. The lowest BCUT2D eigenvalue weighted by Crippen LogP contribution is -2.36. The molecule has 2 aromatic carbocycles. The predicted molar refractivity (Wildman–Crippen MR) is 119 cm³/mol.